The fraction of sp³-hybridized carbons (Fsp3) is 0.444. The molecule has 0 N–H and O–H groups in total. The fourth-order valence-electron chi connectivity index (χ4n) is 2.66. The van der Waals surface area contributed by atoms with E-state index < -0.39 is 0 Å². The lowest BCUT2D eigenvalue weighted by Crippen LogP contribution is -2.16. The molecule has 1 unspecified atom stereocenters. The van der Waals surface area contributed by atoms with Gasteiger partial charge in [0.15, 0.2) is 0 Å². The van der Waals surface area contributed by atoms with Crippen LogP contribution < -0.4 is 4.74 Å². The van der Waals surface area contributed by atoms with Crippen LogP contribution in [-0.4, -0.2) is 19.3 Å². The van der Waals surface area contributed by atoms with Gasteiger partial charge in [0.1, 0.15) is 12.4 Å². The van der Waals surface area contributed by atoms with E-state index in [1.165, 1.54) is 16.3 Å². The van der Waals surface area contributed by atoms with E-state index in [0.717, 1.165) is 25.2 Å². The maximum Gasteiger partial charge on any atom is 0.120 e. The molecular weight excluding hydrogens is 248 g/mol. The van der Waals surface area contributed by atoms with Crippen molar-refractivity contribution < 1.29 is 9.47 Å². The molecule has 20 heavy (non-hydrogen) atoms. The lowest BCUT2D eigenvalue weighted by molar-refractivity contribution is 0.0680. The Morgan fingerprint density at radius 2 is 2.00 bits per heavy atom. The average molecular weight is 270 g/mol. The zero-order chi connectivity index (χ0) is 13.9. The molecule has 0 amide bonds. The van der Waals surface area contributed by atoms with Gasteiger partial charge in [-0.1, -0.05) is 38.1 Å². The van der Waals surface area contributed by atoms with Gasteiger partial charge >= 0.3 is 0 Å². The van der Waals surface area contributed by atoms with Crippen molar-refractivity contribution in [3.05, 3.63) is 42.0 Å². The van der Waals surface area contributed by atoms with Gasteiger partial charge in [0.2, 0.25) is 0 Å². The van der Waals surface area contributed by atoms with Gasteiger partial charge in [0.25, 0.3) is 0 Å². The number of fused-ring (bicyclic) bond motifs is 1. The van der Waals surface area contributed by atoms with Crippen LogP contribution in [0.5, 0.6) is 5.75 Å². The summed E-state index contributed by atoms with van der Waals surface area (Å²) in [5.74, 6) is 1.49. The molecule has 3 rings (SSSR count). The van der Waals surface area contributed by atoms with E-state index in [1.807, 2.05) is 6.07 Å². The Hall–Kier alpha value is -1.54. The van der Waals surface area contributed by atoms with E-state index in [4.69, 9.17) is 9.47 Å². The Morgan fingerprint density at radius 1 is 1.15 bits per heavy atom. The first-order chi connectivity index (χ1) is 9.72. The third kappa shape index (κ3) is 2.96. The first-order valence-corrected chi connectivity index (χ1v) is 7.50. The summed E-state index contributed by atoms with van der Waals surface area (Å²) < 4.78 is 11.5. The molecule has 0 spiro atoms. The van der Waals surface area contributed by atoms with E-state index in [1.54, 1.807) is 0 Å². The second kappa shape index (κ2) is 5.84. The van der Waals surface area contributed by atoms with Gasteiger partial charge in [-0.3, -0.25) is 0 Å². The summed E-state index contributed by atoms with van der Waals surface area (Å²) in [6.45, 7) is 5.98. The summed E-state index contributed by atoms with van der Waals surface area (Å²) in [7, 11) is 0. The zero-order valence-corrected chi connectivity index (χ0v) is 12.3. The van der Waals surface area contributed by atoms with Crippen LogP contribution in [0.15, 0.2) is 36.4 Å². The van der Waals surface area contributed by atoms with Gasteiger partial charge in [-0.15, -0.1) is 0 Å². The monoisotopic (exact) mass is 270 g/mol. The van der Waals surface area contributed by atoms with E-state index in [-0.39, 0.29) is 6.10 Å². The molecule has 0 aromatic heterocycles. The summed E-state index contributed by atoms with van der Waals surface area (Å²) in [4.78, 5) is 0. The second-order valence-electron chi connectivity index (χ2n) is 5.87. The number of benzene rings is 2. The van der Waals surface area contributed by atoms with Crippen molar-refractivity contribution in [3.63, 3.8) is 0 Å². The molecule has 0 saturated carbocycles. The molecule has 2 heteroatoms. The Bertz CT molecular complexity index is 583. The van der Waals surface area contributed by atoms with E-state index >= 15 is 0 Å². The average Bonchev–Trinajstić information content (AvgIpc) is 2.97. The van der Waals surface area contributed by atoms with Crippen molar-refractivity contribution in [2.45, 2.75) is 38.7 Å². The molecule has 1 saturated heterocycles. The largest absolute Gasteiger partial charge is 0.491 e. The van der Waals surface area contributed by atoms with Gasteiger partial charge in [-0.2, -0.15) is 0 Å². The van der Waals surface area contributed by atoms with Crippen molar-refractivity contribution in [1.82, 2.24) is 0 Å². The molecule has 1 aliphatic heterocycles. The minimum Gasteiger partial charge on any atom is -0.491 e. The van der Waals surface area contributed by atoms with Crippen molar-refractivity contribution in [2.24, 2.45) is 0 Å². The maximum absolute atomic E-state index is 5.87. The van der Waals surface area contributed by atoms with Gasteiger partial charge in [0.05, 0.1) is 6.10 Å². The molecule has 106 valence electrons. The first kappa shape index (κ1) is 13.4. The SMILES string of the molecule is CC(C)c1ccc2ccc(OCC3CCCO3)cc2c1. The summed E-state index contributed by atoms with van der Waals surface area (Å²) in [5, 5.41) is 2.51. The van der Waals surface area contributed by atoms with Crippen LogP contribution in [0.25, 0.3) is 10.8 Å². The maximum atomic E-state index is 5.87. The first-order valence-electron chi connectivity index (χ1n) is 7.50. The van der Waals surface area contributed by atoms with Crippen molar-refractivity contribution in [2.75, 3.05) is 13.2 Å². The molecule has 1 atom stereocenters. The zero-order valence-electron chi connectivity index (χ0n) is 12.3. The predicted molar refractivity (Wildman–Crippen MR) is 82.5 cm³/mol. The van der Waals surface area contributed by atoms with Crippen LogP contribution in [-0.2, 0) is 4.74 Å². The molecule has 1 aliphatic rings. The van der Waals surface area contributed by atoms with Crippen LogP contribution >= 0.6 is 0 Å². The fourth-order valence-corrected chi connectivity index (χ4v) is 2.66. The smallest absolute Gasteiger partial charge is 0.120 e. The lowest BCUT2D eigenvalue weighted by Gasteiger charge is -2.12. The summed E-state index contributed by atoms with van der Waals surface area (Å²) in [6, 6.07) is 13.0. The van der Waals surface area contributed by atoms with Gasteiger partial charge in [0, 0.05) is 6.61 Å². The number of hydrogen-bond donors (Lipinski definition) is 0. The molecule has 1 fully saturated rings. The van der Waals surface area contributed by atoms with Gasteiger partial charge < -0.3 is 9.47 Å². The van der Waals surface area contributed by atoms with E-state index in [2.05, 4.69) is 44.2 Å². The molecule has 2 aromatic carbocycles. The lowest BCUT2D eigenvalue weighted by atomic mass is 9.99. The highest BCUT2D eigenvalue weighted by molar-refractivity contribution is 5.84. The highest BCUT2D eigenvalue weighted by Crippen LogP contribution is 2.25. The molecule has 0 aliphatic carbocycles. The minimum absolute atomic E-state index is 0.271. The Kier molecular flexibility index (Phi) is 3.93. The number of rotatable bonds is 4. The summed E-state index contributed by atoms with van der Waals surface area (Å²) >= 11 is 0. The Labute approximate surface area is 120 Å². The molecular formula is C18H22O2. The van der Waals surface area contributed by atoms with Crippen LogP contribution in [0.1, 0.15) is 38.2 Å². The summed E-state index contributed by atoms with van der Waals surface area (Å²) in [5.41, 5.74) is 1.37. The van der Waals surface area contributed by atoms with E-state index in [0.29, 0.717) is 12.5 Å². The number of ether oxygens (including phenoxy) is 2. The van der Waals surface area contributed by atoms with Crippen molar-refractivity contribution in [1.29, 1.82) is 0 Å². The molecule has 0 bridgehead atoms. The number of hydrogen-bond acceptors (Lipinski definition) is 2. The van der Waals surface area contributed by atoms with E-state index in [9.17, 15) is 0 Å². The third-order valence-electron chi connectivity index (χ3n) is 3.96. The normalized spacial score (nSPS) is 18.9. The highest BCUT2D eigenvalue weighted by atomic mass is 16.5. The van der Waals surface area contributed by atoms with Gasteiger partial charge in [-0.05, 0) is 47.2 Å². The van der Waals surface area contributed by atoms with Gasteiger partial charge in [-0.25, -0.2) is 0 Å². The van der Waals surface area contributed by atoms with Crippen LogP contribution in [0, 0.1) is 0 Å². The quantitative estimate of drug-likeness (QED) is 0.813. The topological polar surface area (TPSA) is 18.5 Å². The minimum atomic E-state index is 0.271. The van der Waals surface area contributed by atoms with Crippen molar-refractivity contribution in [3.8, 4) is 5.75 Å². The highest BCUT2D eigenvalue weighted by Gasteiger charge is 2.15. The Morgan fingerprint density at radius 3 is 2.75 bits per heavy atom. The predicted octanol–water partition coefficient (Wildman–Crippen LogP) is 4.52. The Balaban J connectivity index is 1.77. The molecule has 2 aromatic rings. The molecule has 2 nitrogen and oxygen atoms in total. The van der Waals surface area contributed by atoms with Crippen LogP contribution in [0.3, 0.4) is 0 Å². The summed E-state index contributed by atoms with van der Waals surface area (Å²) in [6.07, 6.45) is 2.54. The van der Waals surface area contributed by atoms with Crippen LogP contribution in [0.4, 0.5) is 0 Å². The third-order valence-corrected chi connectivity index (χ3v) is 3.96. The molecule has 0 radical (unpaired) electrons. The molecule has 1 heterocycles. The standard InChI is InChI=1S/C18H22O2/c1-13(2)15-6-5-14-7-8-17(11-16(14)10-15)20-12-18-4-3-9-19-18/h5-8,10-11,13,18H,3-4,9,12H2,1-2H3. The van der Waals surface area contributed by atoms with Crippen molar-refractivity contribution >= 4 is 10.8 Å². The second-order valence-corrected chi connectivity index (χ2v) is 5.87. The van der Waals surface area contributed by atoms with Crippen LogP contribution in [0.2, 0.25) is 0 Å².